The van der Waals surface area contributed by atoms with Gasteiger partial charge in [-0.05, 0) is 36.1 Å². The monoisotopic (exact) mass is 253 g/mol. The molecule has 19 heavy (non-hydrogen) atoms. The number of hydrogen-bond acceptors (Lipinski definition) is 2. The molecule has 0 bridgehead atoms. The third-order valence-electron chi connectivity index (χ3n) is 3.96. The zero-order valence-electron chi connectivity index (χ0n) is 11.3. The number of phenolic OH excluding ortho intramolecular Hbond substituents is 1. The minimum absolute atomic E-state index is 0.400. The van der Waals surface area contributed by atoms with E-state index in [-0.39, 0.29) is 0 Å². The maximum Gasteiger partial charge on any atom is 0.120 e. The zero-order chi connectivity index (χ0) is 13.2. The van der Waals surface area contributed by atoms with Gasteiger partial charge in [-0.25, -0.2) is 0 Å². The number of benzene rings is 2. The lowest BCUT2D eigenvalue weighted by molar-refractivity contribution is 0.242. The van der Waals surface area contributed by atoms with Crippen LogP contribution in [0.25, 0.3) is 0 Å². The zero-order valence-corrected chi connectivity index (χ0v) is 11.3. The molecule has 0 aliphatic carbocycles. The standard InChI is InChI=1S/C17H19NO/c1-13-5-4-7-14-11-18(10-9-16(13)14)12-15-6-2-3-8-17(15)19/h2-8,19H,9-12H2,1H3. The summed E-state index contributed by atoms with van der Waals surface area (Å²) in [6.45, 7) is 5.05. The van der Waals surface area contributed by atoms with Gasteiger partial charge in [-0.3, -0.25) is 4.90 Å². The van der Waals surface area contributed by atoms with Crippen molar-refractivity contribution in [2.24, 2.45) is 0 Å². The minimum Gasteiger partial charge on any atom is -0.508 e. The summed E-state index contributed by atoms with van der Waals surface area (Å²) in [5.74, 6) is 0.400. The highest BCUT2D eigenvalue weighted by atomic mass is 16.3. The molecule has 0 saturated heterocycles. The third-order valence-corrected chi connectivity index (χ3v) is 3.96. The van der Waals surface area contributed by atoms with Gasteiger partial charge in [0, 0.05) is 25.2 Å². The first-order valence-corrected chi connectivity index (χ1v) is 6.80. The number of aromatic hydroxyl groups is 1. The van der Waals surface area contributed by atoms with Crippen LogP contribution in [0, 0.1) is 6.92 Å². The maximum absolute atomic E-state index is 9.85. The van der Waals surface area contributed by atoms with Crippen LogP contribution in [0.3, 0.4) is 0 Å². The molecule has 0 radical (unpaired) electrons. The van der Waals surface area contributed by atoms with Crippen molar-refractivity contribution in [1.29, 1.82) is 0 Å². The van der Waals surface area contributed by atoms with E-state index < -0.39 is 0 Å². The van der Waals surface area contributed by atoms with Crippen LogP contribution >= 0.6 is 0 Å². The molecule has 2 aromatic carbocycles. The lowest BCUT2D eigenvalue weighted by atomic mass is 9.95. The Morgan fingerprint density at radius 3 is 2.79 bits per heavy atom. The van der Waals surface area contributed by atoms with E-state index in [0.29, 0.717) is 5.75 Å². The van der Waals surface area contributed by atoms with Crippen molar-refractivity contribution in [1.82, 2.24) is 4.90 Å². The van der Waals surface area contributed by atoms with Gasteiger partial charge < -0.3 is 5.11 Å². The lowest BCUT2D eigenvalue weighted by Crippen LogP contribution is -2.30. The molecule has 0 saturated carbocycles. The van der Waals surface area contributed by atoms with Crippen LogP contribution in [0.2, 0.25) is 0 Å². The summed E-state index contributed by atoms with van der Waals surface area (Å²) in [5, 5.41) is 9.85. The molecule has 1 heterocycles. The number of hydrogen-bond donors (Lipinski definition) is 1. The fourth-order valence-corrected chi connectivity index (χ4v) is 2.88. The van der Waals surface area contributed by atoms with Crippen molar-refractivity contribution in [3.63, 3.8) is 0 Å². The van der Waals surface area contributed by atoms with Gasteiger partial charge in [0.25, 0.3) is 0 Å². The highest BCUT2D eigenvalue weighted by Crippen LogP contribution is 2.25. The summed E-state index contributed by atoms with van der Waals surface area (Å²) in [6, 6.07) is 14.2. The van der Waals surface area contributed by atoms with Gasteiger partial charge in [-0.1, -0.05) is 36.4 Å². The van der Waals surface area contributed by atoms with Crippen LogP contribution < -0.4 is 0 Å². The highest BCUT2D eigenvalue weighted by molar-refractivity contribution is 5.37. The van der Waals surface area contributed by atoms with E-state index in [1.165, 1.54) is 16.7 Å². The van der Waals surface area contributed by atoms with Crippen LogP contribution in [-0.2, 0) is 19.5 Å². The molecule has 0 atom stereocenters. The van der Waals surface area contributed by atoms with Gasteiger partial charge in [0.05, 0.1) is 0 Å². The van der Waals surface area contributed by atoms with E-state index in [9.17, 15) is 5.11 Å². The molecule has 2 nitrogen and oxygen atoms in total. The van der Waals surface area contributed by atoms with Crippen LogP contribution in [0.4, 0.5) is 0 Å². The van der Waals surface area contributed by atoms with E-state index in [0.717, 1.165) is 31.6 Å². The van der Waals surface area contributed by atoms with Crippen LogP contribution in [0.1, 0.15) is 22.3 Å². The Labute approximate surface area is 114 Å². The Bertz CT molecular complexity index is 592. The van der Waals surface area contributed by atoms with Crippen LogP contribution in [-0.4, -0.2) is 16.6 Å². The van der Waals surface area contributed by atoms with Crippen molar-refractivity contribution in [3.05, 3.63) is 64.7 Å². The van der Waals surface area contributed by atoms with E-state index in [1.807, 2.05) is 18.2 Å². The normalized spacial score (nSPS) is 15.2. The number of para-hydroxylation sites is 1. The van der Waals surface area contributed by atoms with E-state index >= 15 is 0 Å². The number of nitrogens with zero attached hydrogens (tertiary/aromatic N) is 1. The summed E-state index contributed by atoms with van der Waals surface area (Å²) in [5.41, 5.74) is 5.36. The van der Waals surface area contributed by atoms with Gasteiger partial charge in [0.2, 0.25) is 0 Å². The molecule has 1 N–H and O–H groups in total. The van der Waals surface area contributed by atoms with Gasteiger partial charge in [-0.2, -0.15) is 0 Å². The number of aryl methyl sites for hydroxylation is 1. The average Bonchev–Trinajstić information content (AvgIpc) is 2.42. The summed E-state index contributed by atoms with van der Waals surface area (Å²) < 4.78 is 0. The van der Waals surface area contributed by atoms with Crippen molar-refractivity contribution in [3.8, 4) is 5.75 Å². The molecule has 0 amide bonds. The minimum atomic E-state index is 0.400. The largest absolute Gasteiger partial charge is 0.508 e. The summed E-state index contributed by atoms with van der Waals surface area (Å²) in [6.07, 6.45) is 1.11. The Hall–Kier alpha value is -1.80. The fourth-order valence-electron chi connectivity index (χ4n) is 2.88. The van der Waals surface area contributed by atoms with Crippen molar-refractivity contribution in [2.75, 3.05) is 6.54 Å². The predicted molar refractivity (Wildman–Crippen MR) is 77.1 cm³/mol. The summed E-state index contributed by atoms with van der Waals surface area (Å²) in [4.78, 5) is 2.40. The summed E-state index contributed by atoms with van der Waals surface area (Å²) in [7, 11) is 0. The molecular formula is C17H19NO. The molecule has 2 aromatic rings. The molecule has 2 heteroatoms. The van der Waals surface area contributed by atoms with Gasteiger partial charge >= 0.3 is 0 Å². The Balaban J connectivity index is 1.78. The van der Waals surface area contributed by atoms with Crippen molar-refractivity contribution >= 4 is 0 Å². The first-order chi connectivity index (χ1) is 9.24. The average molecular weight is 253 g/mol. The lowest BCUT2D eigenvalue weighted by Gasteiger charge is -2.29. The molecule has 0 aromatic heterocycles. The van der Waals surface area contributed by atoms with Crippen molar-refractivity contribution < 1.29 is 5.11 Å². The third kappa shape index (κ3) is 2.49. The Kier molecular flexibility index (Phi) is 3.26. The first-order valence-electron chi connectivity index (χ1n) is 6.80. The van der Waals surface area contributed by atoms with Crippen LogP contribution in [0.5, 0.6) is 5.75 Å². The van der Waals surface area contributed by atoms with Crippen molar-refractivity contribution in [2.45, 2.75) is 26.4 Å². The molecule has 3 rings (SSSR count). The maximum atomic E-state index is 9.85. The second-order valence-electron chi connectivity index (χ2n) is 5.30. The quantitative estimate of drug-likeness (QED) is 0.888. The predicted octanol–water partition coefficient (Wildman–Crippen LogP) is 3.26. The smallest absolute Gasteiger partial charge is 0.120 e. The second kappa shape index (κ2) is 5.06. The number of phenols is 1. The number of fused-ring (bicyclic) bond motifs is 1. The van der Waals surface area contributed by atoms with E-state index in [4.69, 9.17) is 0 Å². The molecule has 0 spiro atoms. The Morgan fingerprint density at radius 2 is 1.95 bits per heavy atom. The molecule has 0 fully saturated rings. The van der Waals surface area contributed by atoms with E-state index in [2.05, 4.69) is 30.0 Å². The van der Waals surface area contributed by atoms with Gasteiger partial charge in [0.15, 0.2) is 0 Å². The Morgan fingerprint density at radius 1 is 1.11 bits per heavy atom. The topological polar surface area (TPSA) is 23.5 Å². The first kappa shape index (κ1) is 12.2. The van der Waals surface area contributed by atoms with E-state index in [1.54, 1.807) is 6.07 Å². The molecular weight excluding hydrogens is 234 g/mol. The molecule has 1 aliphatic heterocycles. The van der Waals surface area contributed by atoms with Gasteiger partial charge in [-0.15, -0.1) is 0 Å². The summed E-state index contributed by atoms with van der Waals surface area (Å²) >= 11 is 0. The van der Waals surface area contributed by atoms with Gasteiger partial charge in [0.1, 0.15) is 5.75 Å². The molecule has 0 unspecified atom stereocenters. The molecule has 98 valence electrons. The van der Waals surface area contributed by atoms with Crippen LogP contribution in [0.15, 0.2) is 42.5 Å². The molecule has 1 aliphatic rings. The number of rotatable bonds is 2. The fraction of sp³-hybridized carbons (Fsp3) is 0.294. The second-order valence-corrected chi connectivity index (χ2v) is 5.30. The SMILES string of the molecule is Cc1cccc2c1CCN(Cc1ccccc1O)C2. The highest BCUT2D eigenvalue weighted by Gasteiger charge is 2.18.